The lowest BCUT2D eigenvalue weighted by Crippen LogP contribution is -2.15. The summed E-state index contributed by atoms with van der Waals surface area (Å²) in [6, 6.07) is 6.96. The van der Waals surface area contributed by atoms with Crippen LogP contribution in [-0.2, 0) is 0 Å². The Morgan fingerprint density at radius 3 is 2.71 bits per heavy atom. The van der Waals surface area contributed by atoms with Gasteiger partial charge in [0.1, 0.15) is 0 Å². The van der Waals surface area contributed by atoms with E-state index in [9.17, 15) is 4.79 Å². The fourth-order valence-corrected chi connectivity index (χ4v) is 1.40. The lowest BCUT2D eigenvalue weighted by molar-refractivity contribution is 0.102. The summed E-state index contributed by atoms with van der Waals surface area (Å²) in [5.74, 6) is -0.0455. The van der Waals surface area contributed by atoms with Crippen LogP contribution in [0.1, 0.15) is 15.9 Å². The van der Waals surface area contributed by atoms with Gasteiger partial charge in [0.25, 0.3) is 5.91 Å². The van der Waals surface area contributed by atoms with Crippen molar-refractivity contribution in [1.82, 2.24) is 9.97 Å². The van der Waals surface area contributed by atoms with Gasteiger partial charge in [-0.3, -0.25) is 10.1 Å². The van der Waals surface area contributed by atoms with E-state index in [1.54, 1.807) is 30.6 Å². The highest BCUT2D eigenvalue weighted by Crippen LogP contribution is 2.14. The number of carbonyl (C=O) groups excluding carboxylic acids is 1. The molecule has 3 N–H and O–H groups in total. The molecule has 2 rings (SSSR count). The van der Waals surface area contributed by atoms with E-state index in [0.717, 1.165) is 5.56 Å². The predicted octanol–water partition coefficient (Wildman–Crippen LogP) is 1.62. The van der Waals surface area contributed by atoms with E-state index in [1.165, 1.54) is 0 Å². The Kier molecular flexibility index (Phi) is 3.00. The molecule has 5 nitrogen and oxygen atoms in total. The van der Waals surface area contributed by atoms with Crippen molar-refractivity contribution in [2.45, 2.75) is 6.92 Å². The fraction of sp³-hybridized carbons (Fsp3) is 0.0833. The normalized spacial score (nSPS) is 9.94. The minimum absolute atomic E-state index is 0.262. The van der Waals surface area contributed by atoms with Gasteiger partial charge in [-0.2, -0.15) is 0 Å². The number of aromatic nitrogens is 2. The summed E-state index contributed by atoms with van der Waals surface area (Å²) >= 11 is 0. The van der Waals surface area contributed by atoms with Crippen molar-refractivity contribution in [3.63, 3.8) is 0 Å². The number of anilines is 2. The van der Waals surface area contributed by atoms with Crippen LogP contribution < -0.4 is 11.1 Å². The second kappa shape index (κ2) is 4.61. The van der Waals surface area contributed by atoms with Gasteiger partial charge in [0.2, 0.25) is 5.95 Å². The largest absolute Gasteiger partial charge is 0.398 e. The van der Waals surface area contributed by atoms with E-state index >= 15 is 0 Å². The van der Waals surface area contributed by atoms with Crippen molar-refractivity contribution in [1.29, 1.82) is 0 Å². The molecule has 0 fully saturated rings. The van der Waals surface area contributed by atoms with Gasteiger partial charge in [0.05, 0.1) is 5.56 Å². The quantitative estimate of drug-likeness (QED) is 0.765. The van der Waals surface area contributed by atoms with Crippen LogP contribution in [0.4, 0.5) is 11.6 Å². The molecule has 0 aliphatic heterocycles. The average molecular weight is 228 g/mol. The van der Waals surface area contributed by atoms with Crippen LogP contribution in [0.3, 0.4) is 0 Å². The number of nitrogens with zero attached hydrogens (tertiary/aromatic N) is 2. The molecular weight excluding hydrogens is 216 g/mol. The van der Waals surface area contributed by atoms with E-state index in [-0.39, 0.29) is 11.9 Å². The molecule has 0 saturated heterocycles. The third kappa shape index (κ3) is 2.57. The summed E-state index contributed by atoms with van der Waals surface area (Å²) in [4.78, 5) is 19.7. The number of nitrogens with one attached hydrogen (secondary N) is 1. The topological polar surface area (TPSA) is 80.9 Å². The molecule has 0 saturated carbocycles. The number of nitrogens with two attached hydrogens (primary N) is 1. The Hall–Kier alpha value is -2.43. The highest BCUT2D eigenvalue weighted by Gasteiger charge is 2.10. The van der Waals surface area contributed by atoms with E-state index in [0.29, 0.717) is 11.3 Å². The predicted molar refractivity (Wildman–Crippen MR) is 65.6 cm³/mol. The first-order chi connectivity index (χ1) is 8.16. The smallest absolute Gasteiger partial charge is 0.260 e. The van der Waals surface area contributed by atoms with Crippen LogP contribution in [-0.4, -0.2) is 15.9 Å². The molecule has 1 aromatic heterocycles. The van der Waals surface area contributed by atoms with Crippen molar-refractivity contribution >= 4 is 17.5 Å². The van der Waals surface area contributed by atoms with E-state index < -0.39 is 0 Å². The van der Waals surface area contributed by atoms with Gasteiger partial charge in [-0.25, -0.2) is 9.97 Å². The van der Waals surface area contributed by atoms with Gasteiger partial charge in [0, 0.05) is 18.1 Å². The fourth-order valence-electron chi connectivity index (χ4n) is 1.40. The van der Waals surface area contributed by atoms with Gasteiger partial charge in [-0.05, 0) is 25.1 Å². The maximum atomic E-state index is 11.9. The average Bonchev–Trinajstić information content (AvgIpc) is 2.33. The van der Waals surface area contributed by atoms with E-state index in [1.807, 2.05) is 13.0 Å². The molecule has 0 unspecified atom stereocenters. The van der Waals surface area contributed by atoms with E-state index in [4.69, 9.17) is 5.73 Å². The molecule has 0 spiro atoms. The molecule has 17 heavy (non-hydrogen) atoms. The molecule has 1 aromatic carbocycles. The highest BCUT2D eigenvalue weighted by atomic mass is 16.1. The molecule has 2 aromatic rings. The molecule has 0 aliphatic carbocycles. The monoisotopic (exact) mass is 228 g/mol. The minimum atomic E-state index is -0.308. The summed E-state index contributed by atoms with van der Waals surface area (Å²) in [5.41, 5.74) is 7.58. The maximum Gasteiger partial charge on any atom is 0.260 e. The van der Waals surface area contributed by atoms with Gasteiger partial charge >= 0.3 is 0 Å². The molecule has 1 heterocycles. The number of benzene rings is 1. The summed E-state index contributed by atoms with van der Waals surface area (Å²) in [6.07, 6.45) is 3.12. The van der Waals surface area contributed by atoms with E-state index in [2.05, 4.69) is 15.3 Å². The second-order valence-corrected chi connectivity index (χ2v) is 3.62. The molecule has 86 valence electrons. The summed E-state index contributed by atoms with van der Waals surface area (Å²) in [5, 5.41) is 2.59. The van der Waals surface area contributed by atoms with Crippen molar-refractivity contribution in [3.8, 4) is 0 Å². The molecular formula is C12H12N4O. The lowest BCUT2D eigenvalue weighted by Gasteiger charge is -2.06. The highest BCUT2D eigenvalue weighted by molar-refractivity contribution is 6.07. The first-order valence-corrected chi connectivity index (χ1v) is 5.11. The van der Waals surface area contributed by atoms with Crippen LogP contribution in [0.25, 0.3) is 0 Å². The zero-order valence-electron chi connectivity index (χ0n) is 9.34. The van der Waals surface area contributed by atoms with Crippen molar-refractivity contribution in [2.75, 3.05) is 11.1 Å². The first kappa shape index (κ1) is 11.1. The molecule has 1 amide bonds. The molecule has 0 aliphatic rings. The van der Waals surface area contributed by atoms with Gasteiger partial charge in [-0.15, -0.1) is 0 Å². The molecule has 0 atom stereocenters. The third-order valence-electron chi connectivity index (χ3n) is 2.24. The number of rotatable bonds is 2. The number of hydrogen-bond acceptors (Lipinski definition) is 4. The Morgan fingerprint density at radius 2 is 2.00 bits per heavy atom. The number of carbonyl (C=O) groups is 1. The Morgan fingerprint density at radius 1 is 1.29 bits per heavy atom. The molecule has 5 heteroatoms. The van der Waals surface area contributed by atoms with Crippen molar-refractivity contribution < 1.29 is 4.79 Å². The number of amides is 1. The first-order valence-electron chi connectivity index (χ1n) is 5.11. The summed E-state index contributed by atoms with van der Waals surface area (Å²) < 4.78 is 0. The van der Waals surface area contributed by atoms with Crippen molar-refractivity contribution in [3.05, 3.63) is 47.8 Å². The minimum Gasteiger partial charge on any atom is -0.398 e. The van der Waals surface area contributed by atoms with Crippen LogP contribution in [0, 0.1) is 6.92 Å². The van der Waals surface area contributed by atoms with Crippen molar-refractivity contribution in [2.24, 2.45) is 0 Å². The maximum absolute atomic E-state index is 11.9. The number of nitrogen functional groups attached to an aromatic ring is 1. The Bertz CT molecular complexity index is 539. The Balaban J connectivity index is 2.23. The van der Waals surface area contributed by atoms with Crippen LogP contribution in [0.5, 0.6) is 0 Å². The second-order valence-electron chi connectivity index (χ2n) is 3.62. The number of aryl methyl sites for hydroxylation is 1. The van der Waals surface area contributed by atoms with Crippen LogP contribution >= 0.6 is 0 Å². The van der Waals surface area contributed by atoms with Gasteiger partial charge in [-0.1, -0.05) is 11.6 Å². The lowest BCUT2D eigenvalue weighted by atomic mass is 10.1. The van der Waals surface area contributed by atoms with Gasteiger partial charge < -0.3 is 5.73 Å². The Labute approximate surface area is 98.7 Å². The summed E-state index contributed by atoms with van der Waals surface area (Å²) in [7, 11) is 0. The molecule has 0 radical (unpaired) electrons. The van der Waals surface area contributed by atoms with Crippen LogP contribution in [0.15, 0.2) is 36.7 Å². The third-order valence-corrected chi connectivity index (χ3v) is 2.24. The molecule has 0 bridgehead atoms. The zero-order chi connectivity index (χ0) is 12.3. The summed E-state index contributed by atoms with van der Waals surface area (Å²) in [6.45, 7) is 1.90. The standard InChI is InChI=1S/C12H12N4O/c1-8-3-4-10(13)9(7-8)11(17)16-12-14-5-2-6-15-12/h2-7H,13H2,1H3,(H,14,15,16,17). The van der Waals surface area contributed by atoms with Crippen LogP contribution in [0.2, 0.25) is 0 Å². The SMILES string of the molecule is Cc1ccc(N)c(C(=O)Nc2ncccn2)c1. The van der Waals surface area contributed by atoms with Gasteiger partial charge in [0.15, 0.2) is 0 Å². The number of hydrogen-bond donors (Lipinski definition) is 2. The zero-order valence-corrected chi connectivity index (χ0v) is 9.34.